The van der Waals surface area contributed by atoms with Crippen LogP contribution >= 0.6 is 0 Å². The van der Waals surface area contributed by atoms with Crippen LogP contribution in [0.4, 0.5) is 5.69 Å². The Morgan fingerprint density at radius 2 is 1.52 bits per heavy atom. The molecule has 3 amide bonds. The van der Waals surface area contributed by atoms with E-state index in [2.05, 4.69) is 0 Å². The summed E-state index contributed by atoms with van der Waals surface area (Å²) in [6, 6.07) is 11.1. The van der Waals surface area contributed by atoms with Gasteiger partial charge in [-0.25, -0.2) is 4.90 Å². The molecule has 4 saturated carbocycles. The number of imide groups is 1. The fourth-order valence-corrected chi connectivity index (χ4v) is 8.32. The highest BCUT2D eigenvalue weighted by molar-refractivity contribution is 6.23. The van der Waals surface area contributed by atoms with Gasteiger partial charge in [0.05, 0.1) is 31.7 Å². The summed E-state index contributed by atoms with van der Waals surface area (Å²) in [4.78, 5) is 56.1. The number of benzene rings is 2. The van der Waals surface area contributed by atoms with Crippen molar-refractivity contribution in [2.24, 2.45) is 23.2 Å². The second kappa shape index (κ2) is 11.1. The number of anilines is 1. The van der Waals surface area contributed by atoms with Crippen molar-refractivity contribution in [3.63, 3.8) is 0 Å². The SMILES string of the molecule is COc1ccc(CCN(C(=O)C23CC4CC(CC(C4)C2)C3)C2CC(=O)N(c3ccc(OC(C)=O)cc3)C2=O)cc1OC. The van der Waals surface area contributed by atoms with Gasteiger partial charge >= 0.3 is 5.97 Å². The van der Waals surface area contributed by atoms with Gasteiger partial charge in [0.2, 0.25) is 11.8 Å². The zero-order valence-electron chi connectivity index (χ0n) is 24.5. The highest BCUT2D eigenvalue weighted by atomic mass is 16.5. The summed E-state index contributed by atoms with van der Waals surface area (Å²) in [5, 5.41) is 0. The molecule has 1 unspecified atom stereocenters. The van der Waals surface area contributed by atoms with Gasteiger partial charge in [0, 0.05) is 13.5 Å². The van der Waals surface area contributed by atoms with Crippen molar-refractivity contribution in [3.8, 4) is 17.2 Å². The van der Waals surface area contributed by atoms with E-state index in [-0.39, 0.29) is 18.2 Å². The first kappa shape index (κ1) is 28.2. The summed E-state index contributed by atoms with van der Waals surface area (Å²) in [5.74, 6) is 2.09. The Kier molecular flexibility index (Phi) is 7.45. The molecule has 7 rings (SSSR count). The number of methoxy groups -OCH3 is 2. The number of carbonyl (C=O) groups is 4. The number of nitrogens with zero attached hydrogens (tertiary/aromatic N) is 2. The highest BCUT2D eigenvalue weighted by Gasteiger charge is 2.57. The second-order valence-electron chi connectivity index (χ2n) is 12.5. The fraction of sp³-hybridized carbons (Fsp3) is 0.515. The molecule has 5 fully saturated rings. The predicted octanol–water partition coefficient (Wildman–Crippen LogP) is 4.55. The molecular formula is C33H38N2O7. The lowest BCUT2D eigenvalue weighted by Crippen LogP contribution is -2.58. The van der Waals surface area contributed by atoms with E-state index in [1.165, 1.54) is 31.1 Å². The van der Waals surface area contributed by atoms with E-state index in [1.54, 1.807) is 43.4 Å². The van der Waals surface area contributed by atoms with Crippen molar-refractivity contribution in [1.29, 1.82) is 0 Å². The molecule has 42 heavy (non-hydrogen) atoms. The Hall–Kier alpha value is -3.88. The standard InChI is InChI=1S/C33H38N2O7/c1-20(36)42-26-7-5-25(6-8-26)35-30(37)16-27(31(35)38)34(11-10-21-4-9-28(40-2)29(15-21)41-3)32(39)33-17-22-12-23(18-33)14-24(13-22)19-33/h4-9,15,22-24,27H,10-14,16-19H2,1-3H3. The van der Waals surface area contributed by atoms with Gasteiger partial charge in [0.1, 0.15) is 11.8 Å². The smallest absolute Gasteiger partial charge is 0.308 e. The monoisotopic (exact) mass is 574 g/mol. The van der Waals surface area contributed by atoms with Gasteiger partial charge in [-0.2, -0.15) is 0 Å². The molecule has 1 aliphatic heterocycles. The molecule has 1 saturated heterocycles. The Bertz CT molecular complexity index is 1370. The van der Waals surface area contributed by atoms with E-state index in [9.17, 15) is 19.2 Å². The van der Waals surface area contributed by atoms with Gasteiger partial charge in [-0.3, -0.25) is 19.2 Å². The number of carbonyl (C=O) groups excluding carboxylic acids is 4. The quantitative estimate of drug-likeness (QED) is 0.246. The van der Waals surface area contributed by atoms with Gasteiger partial charge < -0.3 is 19.1 Å². The third-order valence-electron chi connectivity index (χ3n) is 9.70. The molecule has 2 aromatic rings. The topological polar surface area (TPSA) is 102 Å². The predicted molar refractivity (Wildman–Crippen MR) is 154 cm³/mol. The van der Waals surface area contributed by atoms with Crippen LogP contribution in [-0.4, -0.2) is 55.4 Å². The van der Waals surface area contributed by atoms with Crippen molar-refractivity contribution in [3.05, 3.63) is 48.0 Å². The Balaban J connectivity index is 1.28. The minimum absolute atomic E-state index is 0.0280. The van der Waals surface area contributed by atoms with Crippen LogP contribution in [0.25, 0.3) is 0 Å². The molecule has 9 heteroatoms. The number of rotatable bonds is 9. The van der Waals surface area contributed by atoms with Crippen LogP contribution in [0.5, 0.6) is 17.2 Å². The van der Waals surface area contributed by atoms with Crippen molar-refractivity contribution >= 4 is 29.4 Å². The molecule has 0 aromatic heterocycles. The van der Waals surface area contributed by atoms with Crippen molar-refractivity contribution in [2.75, 3.05) is 25.7 Å². The van der Waals surface area contributed by atoms with Gasteiger partial charge in [0.15, 0.2) is 11.5 Å². The van der Waals surface area contributed by atoms with E-state index in [0.29, 0.717) is 53.7 Å². The Morgan fingerprint density at radius 1 is 0.905 bits per heavy atom. The van der Waals surface area contributed by atoms with Crippen molar-refractivity contribution < 1.29 is 33.4 Å². The minimum atomic E-state index is -0.869. The first-order valence-electron chi connectivity index (χ1n) is 14.9. The number of hydrogen-bond acceptors (Lipinski definition) is 7. The molecule has 222 valence electrons. The summed E-state index contributed by atoms with van der Waals surface area (Å²) in [6.45, 7) is 1.63. The van der Waals surface area contributed by atoms with E-state index in [4.69, 9.17) is 14.2 Å². The van der Waals surface area contributed by atoms with Crippen LogP contribution in [0.3, 0.4) is 0 Å². The molecular weight excluding hydrogens is 536 g/mol. The van der Waals surface area contributed by atoms with Gasteiger partial charge in [-0.05, 0) is 105 Å². The van der Waals surface area contributed by atoms with E-state index in [0.717, 1.165) is 24.8 Å². The summed E-state index contributed by atoms with van der Waals surface area (Å²) in [6.07, 6.45) is 6.69. The van der Waals surface area contributed by atoms with Gasteiger partial charge in [-0.1, -0.05) is 6.07 Å². The molecule has 4 aliphatic carbocycles. The first-order chi connectivity index (χ1) is 20.2. The highest BCUT2D eigenvalue weighted by Crippen LogP contribution is 2.60. The maximum absolute atomic E-state index is 14.6. The van der Waals surface area contributed by atoms with Crippen LogP contribution in [0.1, 0.15) is 57.4 Å². The zero-order chi connectivity index (χ0) is 29.6. The first-order valence-corrected chi connectivity index (χ1v) is 14.9. The van der Waals surface area contributed by atoms with Gasteiger partial charge in [-0.15, -0.1) is 0 Å². The molecule has 9 nitrogen and oxygen atoms in total. The largest absolute Gasteiger partial charge is 0.493 e. The summed E-state index contributed by atoms with van der Waals surface area (Å²) < 4.78 is 16.0. The minimum Gasteiger partial charge on any atom is -0.493 e. The van der Waals surface area contributed by atoms with Crippen LogP contribution < -0.4 is 19.1 Å². The lowest BCUT2D eigenvalue weighted by atomic mass is 9.49. The summed E-state index contributed by atoms with van der Waals surface area (Å²) in [5.41, 5.74) is 0.894. The normalized spacial score (nSPS) is 27.7. The second-order valence-corrected chi connectivity index (χ2v) is 12.5. The number of amides is 3. The maximum Gasteiger partial charge on any atom is 0.308 e. The molecule has 0 radical (unpaired) electrons. The Morgan fingerprint density at radius 3 is 2.10 bits per heavy atom. The van der Waals surface area contributed by atoms with E-state index in [1.807, 2.05) is 18.2 Å². The van der Waals surface area contributed by atoms with Crippen molar-refractivity contribution in [1.82, 2.24) is 4.90 Å². The summed E-state index contributed by atoms with van der Waals surface area (Å²) >= 11 is 0. The molecule has 1 atom stereocenters. The lowest BCUT2D eigenvalue weighted by Gasteiger charge is -2.57. The van der Waals surface area contributed by atoms with Gasteiger partial charge in [0.25, 0.3) is 5.91 Å². The third-order valence-corrected chi connectivity index (χ3v) is 9.70. The zero-order valence-corrected chi connectivity index (χ0v) is 24.5. The molecule has 5 aliphatic rings. The molecule has 0 spiro atoms. The van der Waals surface area contributed by atoms with Crippen molar-refractivity contribution in [2.45, 2.75) is 64.3 Å². The molecule has 2 aromatic carbocycles. The fourth-order valence-electron chi connectivity index (χ4n) is 8.32. The number of hydrogen-bond donors (Lipinski definition) is 0. The third kappa shape index (κ3) is 5.14. The van der Waals surface area contributed by atoms with E-state index >= 15 is 0 Å². The Labute approximate surface area is 246 Å². The number of esters is 1. The number of ether oxygens (including phenoxy) is 3. The summed E-state index contributed by atoms with van der Waals surface area (Å²) in [7, 11) is 3.17. The van der Waals surface area contributed by atoms with Crippen LogP contribution in [0.15, 0.2) is 42.5 Å². The molecule has 0 N–H and O–H groups in total. The molecule has 1 heterocycles. The lowest BCUT2D eigenvalue weighted by molar-refractivity contribution is -0.161. The van der Waals surface area contributed by atoms with Crippen LogP contribution in [0, 0.1) is 23.2 Å². The average Bonchev–Trinajstić information content (AvgIpc) is 3.25. The van der Waals surface area contributed by atoms with E-state index < -0.39 is 23.3 Å². The van der Waals surface area contributed by atoms with Crippen LogP contribution in [0.2, 0.25) is 0 Å². The van der Waals surface area contributed by atoms with Crippen LogP contribution in [-0.2, 0) is 25.6 Å². The molecule has 4 bridgehead atoms. The average molecular weight is 575 g/mol. The maximum atomic E-state index is 14.6.